The van der Waals surface area contributed by atoms with Crippen molar-refractivity contribution in [2.45, 2.75) is 58.0 Å². The van der Waals surface area contributed by atoms with Gasteiger partial charge in [-0.05, 0) is 61.9 Å². The van der Waals surface area contributed by atoms with E-state index in [1.54, 1.807) is 11.8 Å². The van der Waals surface area contributed by atoms with Crippen molar-refractivity contribution < 1.29 is 4.42 Å². The summed E-state index contributed by atoms with van der Waals surface area (Å²) in [6, 6.07) is 11.5. The highest BCUT2D eigenvalue weighted by atomic mass is 16.3. The minimum absolute atomic E-state index is 0.497. The Hall–Kier alpha value is -2.00. The number of rotatable bonds is 3. The highest BCUT2D eigenvalue weighted by Gasteiger charge is 2.36. The number of aryl methyl sites for hydroxylation is 1. The van der Waals surface area contributed by atoms with Gasteiger partial charge in [0.2, 0.25) is 0 Å². The van der Waals surface area contributed by atoms with Crippen molar-refractivity contribution in [3.63, 3.8) is 0 Å². The first kappa shape index (κ1) is 16.2. The van der Waals surface area contributed by atoms with Crippen LogP contribution in [0.25, 0.3) is 10.9 Å². The Morgan fingerprint density at radius 3 is 2.85 bits per heavy atom. The van der Waals surface area contributed by atoms with Gasteiger partial charge in [-0.25, -0.2) is 0 Å². The normalized spacial score (nSPS) is 22.0. The Morgan fingerprint density at radius 1 is 1.15 bits per heavy atom. The summed E-state index contributed by atoms with van der Waals surface area (Å²) in [5.74, 6) is 1.84. The zero-order valence-electron chi connectivity index (χ0n) is 15.6. The van der Waals surface area contributed by atoms with E-state index in [1.807, 2.05) is 6.07 Å². The predicted molar refractivity (Wildman–Crippen MR) is 105 cm³/mol. The fraction of sp³-hybridized carbons (Fsp3) is 0.478. The molecule has 5 rings (SSSR count). The van der Waals surface area contributed by atoms with Crippen LogP contribution < -0.4 is 0 Å². The van der Waals surface area contributed by atoms with E-state index in [0.29, 0.717) is 6.04 Å². The Labute approximate surface area is 155 Å². The van der Waals surface area contributed by atoms with Crippen LogP contribution in [-0.2, 0) is 13.0 Å². The second-order valence-corrected chi connectivity index (χ2v) is 8.21. The van der Waals surface area contributed by atoms with Crippen molar-refractivity contribution in [2.75, 3.05) is 6.54 Å². The molecule has 2 aromatic heterocycles. The Kier molecular flexibility index (Phi) is 4.12. The van der Waals surface area contributed by atoms with E-state index in [1.165, 1.54) is 54.3 Å². The van der Waals surface area contributed by atoms with Gasteiger partial charge in [0, 0.05) is 23.1 Å². The van der Waals surface area contributed by atoms with Crippen molar-refractivity contribution in [2.24, 2.45) is 5.92 Å². The molecule has 2 aliphatic rings. The molecule has 1 N–H and O–H groups in total. The van der Waals surface area contributed by atoms with E-state index in [2.05, 4.69) is 41.1 Å². The number of nitrogens with zero attached hydrogens (tertiary/aromatic N) is 1. The number of hydrogen-bond donors (Lipinski definition) is 1. The average Bonchev–Trinajstić information content (AvgIpc) is 3.29. The van der Waals surface area contributed by atoms with E-state index >= 15 is 0 Å². The molecule has 3 heteroatoms. The van der Waals surface area contributed by atoms with E-state index in [-0.39, 0.29) is 0 Å². The molecule has 1 aliphatic carbocycles. The molecule has 0 amide bonds. The van der Waals surface area contributed by atoms with E-state index in [9.17, 15) is 0 Å². The lowest BCUT2D eigenvalue weighted by molar-refractivity contribution is 0.0906. The molecule has 3 aromatic rings. The Balaban J connectivity index is 1.57. The molecule has 3 heterocycles. The van der Waals surface area contributed by atoms with Crippen LogP contribution in [0.4, 0.5) is 0 Å². The van der Waals surface area contributed by atoms with Crippen LogP contribution in [0, 0.1) is 12.8 Å². The van der Waals surface area contributed by atoms with Crippen molar-refractivity contribution in [1.82, 2.24) is 9.88 Å². The van der Waals surface area contributed by atoms with Crippen LogP contribution >= 0.6 is 0 Å². The number of aromatic nitrogens is 1. The molecule has 3 nitrogen and oxygen atoms in total. The van der Waals surface area contributed by atoms with Gasteiger partial charge in [-0.1, -0.05) is 30.9 Å². The van der Waals surface area contributed by atoms with Crippen LogP contribution in [0.1, 0.15) is 60.7 Å². The van der Waals surface area contributed by atoms with Crippen LogP contribution in [0.5, 0.6) is 0 Å². The van der Waals surface area contributed by atoms with Crippen molar-refractivity contribution in [1.29, 1.82) is 0 Å². The molecule has 0 radical (unpaired) electrons. The highest BCUT2D eigenvalue weighted by molar-refractivity contribution is 5.85. The second-order valence-electron chi connectivity index (χ2n) is 8.21. The molecule has 1 aromatic carbocycles. The summed E-state index contributed by atoms with van der Waals surface area (Å²) in [6.07, 6.45) is 9.80. The van der Waals surface area contributed by atoms with E-state index in [4.69, 9.17) is 4.42 Å². The monoisotopic (exact) mass is 348 g/mol. The average molecular weight is 348 g/mol. The lowest BCUT2D eigenvalue weighted by Gasteiger charge is -2.41. The zero-order valence-corrected chi connectivity index (χ0v) is 15.6. The maximum atomic E-state index is 5.68. The smallest absolute Gasteiger partial charge is 0.117 e. The summed E-state index contributed by atoms with van der Waals surface area (Å²) >= 11 is 0. The van der Waals surface area contributed by atoms with Gasteiger partial charge in [0.15, 0.2) is 0 Å². The maximum absolute atomic E-state index is 5.68. The molecule has 0 saturated heterocycles. The number of H-pyrrole nitrogens is 1. The summed E-state index contributed by atoms with van der Waals surface area (Å²) < 4.78 is 5.68. The van der Waals surface area contributed by atoms with Gasteiger partial charge in [-0.3, -0.25) is 4.90 Å². The standard InChI is InChI=1S/C23H28N2O/c1-16-9-10-21-20(14-16)19-11-12-25(15-18-8-5-13-26-18)23(22(19)24-21)17-6-3-2-4-7-17/h5,8-10,13-14,17,23-24H,2-4,6-7,11-12,15H2,1H3. The molecule has 1 fully saturated rings. The molecule has 1 saturated carbocycles. The number of fused-ring (bicyclic) bond motifs is 3. The fourth-order valence-electron chi connectivity index (χ4n) is 5.25. The topological polar surface area (TPSA) is 32.2 Å². The Bertz CT molecular complexity index is 886. The molecule has 1 atom stereocenters. The summed E-state index contributed by atoms with van der Waals surface area (Å²) in [5.41, 5.74) is 5.71. The largest absolute Gasteiger partial charge is 0.468 e. The van der Waals surface area contributed by atoms with Gasteiger partial charge in [-0.2, -0.15) is 0 Å². The Morgan fingerprint density at radius 2 is 2.04 bits per heavy atom. The summed E-state index contributed by atoms with van der Waals surface area (Å²) in [5, 5.41) is 1.44. The van der Waals surface area contributed by atoms with Crippen molar-refractivity contribution in [3.05, 3.63) is 59.2 Å². The van der Waals surface area contributed by atoms with Crippen molar-refractivity contribution in [3.8, 4) is 0 Å². The highest BCUT2D eigenvalue weighted by Crippen LogP contribution is 2.44. The third-order valence-electron chi connectivity index (χ3n) is 6.47. The van der Waals surface area contributed by atoms with Crippen LogP contribution in [-0.4, -0.2) is 16.4 Å². The van der Waals surface area contributed by atoms with Gasteiger partial charge in [0.25, 0.3) is 0 Å². The first-order valence-corrected chi connectivity index (χ1v) is 10.2. The fourth-order valence-corrected chi connectivity index (χ4v) is 5.25. The molecular weight excluding hydrogens is 320 g/mol. The van der Waals surface area contributed by atoms with Crippen LogP contribution in [0.15, 0.2) is 41.0 Å². The van der Waals surface area contributed by atoms with Gasteiger partial charge < -0.3 is 9.40 Å². The van der Waals surface area contributed by atoms with Crippen LogP contribution in [0.2, 0.25) is 0 Å². The summed E-state index contributed by atoms with van der Waals surface area (Å²) in [7, 11) is 0. The predicted octanol–water partition coefficient (Wildman–Crippen LogP) is 5.75. The molecule has 1 unspecified atom stereocenters. The summed E-state index contributed by atoms with van der Waals surface area (Å²) in [4.78, 5) is 6.49. The van der Waals surface area contributed by atoms with Gasteiger partial charge >= 0.3 is 0 Å². The molecule has 136 valence electrons. The SMILES string of the molecule is Cc1ccc2[nH]c3c(c2c1)CCN(Cc1ccco1)C3C1CCCCC1. The van der Waals surface area contributed by atoms with Crippen LogP contribution in [0.3, 0.4) is 0 Å². The quantitative estimate of drug-likeness (QED) is 0.653. The van der Waals surface area contributed by atoms with E-state index in [0.717, 1.165) is 31.2 Å². The zero-order chi connectivity index (χ0) is 17.5. The second kappa shape index (κ2) is 6.62. The number of benzene rings is 1. The first-order valence-electron chi connectivity index (χ1n) is 10.2. The maximum Gasteiger partial charge on any atom is 0.117 e. The third-order valence-corrected chi connectivity index (χ3v) is 6.47. The number of furan rings is 1. The third kappa shape index (κ3) is 2.79. The number of nitrogens with one attached hydrogen (secondary N) is 1. The molecule has 26 heavy (non-hydrogen) atoms. The molecule has 0 spiro atoms. The van der Waals surface area contributed by atoms with Crippen molar-refractivity contribution >= 4 is 10.9 Å². The van der Waals surface area contributed by atoms with E-state index < -0.39 is 0 Å². The minimum atomic E-state index is 0.497. The molecule has 0 bridgehead atoms. The lowest BCUT2D eigenvalue weighted by atomic mass is 9.79. The minimum Gasteiger partial charge on any atom is -0.468 e. The molecule has 1 aliphatic heterocycles. The number of hydrogen-bond acceptors (Lipinski definition) is 2. The first-order chi connectivity index (χ1) is 12.8. The summed E-state index contributed by atoms with van der Waals surface area (Å²) in [6.45, 7) is 4.24. The number of aromatic amines is 1. The van der Waals surface area contributed by atoms with Gasteiger partial charge in [-0.15, -0.1) is 0 Å². The lowest BCUT2D eigenvalue weighted by Crippen LogP contribution is -2.39. The van der Waals surface area contributed by atoms with Gasteiger partial charge in [0.1, 0.15) is 5.76 Å². The molecular formula is C23H28N2O. The van der Waals surface area contributed by atoms with Gasteiger partial charge in [0.05, 0.1) is 18.8 Å².